The first kappa shape index (κ1) is 24.2. The van der Waals surface area contributed by atoms with Crippen LogP contribution in [0, 0.1) is 0 Å². The van der Waals surface area contributed by atoms with E-state index in [0.29, 0.717) is 0 Å². The van der Waals surface area contributed by atoms with Crippen LogP contribution in [0.4, 0.5) is 0 Å². The fourth-order valence-corrected chi connectivity index (χ4v) is 2.89. The van der Waals surface area contributed by atoms with Crippen LogP contribution in [0.5, 0.6) is 0 Å². The highest BCUT2D eigenvalue weighted by atomic mass is 16.0. The lowest BCUT2D eigenvalue weighted by molar-refractivity contribution is 0.532. The van der Waals surface area contributed by atoms with E-state index < -0.39 is 0 Å². The third-order valence-electron chi connectivity index (χ3n) is 4.41. The standard InChI is InChI=1S/C20H43N.H2O/c1-3-5-7-9-11-13-15-17-19-21-20-18-16-14-12-10-8-6-4-2;/h21H,3-20H2,1-2H3;1H2. The van der Waals surface area contributed by atoms with Gasteiger partial charge in [-0.1, -0.05) is 104 Å². The molecule has 0 saturated carbocycles. The van der Waals surface area contributed by atoms with Crippen molar-refractivity contribution < 1.29 is 5.48 Å². The van der Waals surface area contributed by atoms with Crippen LogP contribution in [0.15, 0.2) is 0 Å². The van der Waals surface area contributed by atoms with Gasteiger partial charge in [-0.15, -0.1) is 0 Å². The largest absolute Gasteiger partial charge is 0.412 e. The van der Waals surface area contributed by atoms with Crippen LogP contribution >= 0.6 is 0 Å². The SMILES string of the molecule is CCCCCCCCCCNCCCCCCCCCC.O. The van der Waals surface area contributed by atoms with Crippen LogP contribution in [-0.2, 0) is 0 Å². The Morgan fingerprint density at radius 2 is 0.682 bits per heavy atom. The lowest BCUT2D eigenvalue weighted by Crippen LogP contribution is -2.16. The minimum atomic E-state index is 0. The highest BCUT2D eigenvalue weighted by Gasteiger charge is 1.93. The van der Waals surface area contributed by atoms with Crippen molar-refractivity contribution in [1.82, 2.24) is 5.32 Å². The summed E-state index contributed by atoms with van der Waals surface area (Å²) in [6.07, 6.45) is 22.8. The van der Waals surface area contributed by atoms with Crippen molar-refractivity contribution in [2.45, 2.75) is 117 Å². The maximum Gasteiger partial charge on any atom is -0.00489 e. The van der Waals surface area contributed by atoms with Gasteiger partial charge in [0.2, 0.25) is 0 Å². The van der Waals surface area contributed by atoms with Crippen molar-refractivity contribution in [2.75, 3.05) is 13.1 Å². The van der Waals surface area contributed by atoms with Crippen molar-refractivity contribution in [3.05, 3.63) is 0 Å². The molecule has 0 aliphatic heterocycles. The number of nitrogens with one attached hydrogen (secondary N) is 1. The number of hydrogen-bond donors (Lipinski definition) is 1. The summed E-state index contributed by atoms with van der Waals surface area (Å²) in [5.41, 5.74) is 0. The van der Waals surface area contributed by atoms with E-state index in [2.05, 4.69) is 19.2 Å². The highest BCUT2D eigenvalue weighted by Crippen LogP contribution is 2.09. The molecule has 0 spiro atoms. The zero-order valence-corrected chi connectivity index (χ0v) is 15.7. The smallest absolute Gasteiger partial charge is 0.00489 e. The highest BCUT2D eigenvalue weighted by molar-refractivity contribution is 4.52. The molecular weight excluding hydrogens is 270 g/mol. The van der Waals surface area contributed by atoms with E-state index in [1.54, 1.807) is 0 Å². The predicted octanol–water partition coefficient (Wildman–Crippen LogP) is 6.03. The Balaban J connectivity index is 0. The summed E-state index contributed by atoms with van der Waals surface area (Å²) in [7, 11) is 0. The van der Waals surface area contributed by atoms with E-state index in [1.165, 1.54) is 116 Å². The van der Waals surface area contributed by atoms with Gasteiger partial charge < -0.3 is 10.8 Å². The van der Waals surface area contributed by atoms with Gasteiger partial charge in [0.15, 0.2) is 0 Å². The van der Waals surface area contributed by atoms with E-state index in [1.807, 2.05) is 0 Å². The summed E-state index contributed by atoms with van der Waals surface area (Å²) in [6, 6.07) is 0. The molecule has 22 heavy (non-hydrogen) atoms. The van der Waals surface area contributed by atoms with Gasteiger partial charge in [0, 0.05) is 0 Å². The lowest BCUT2D eigenvalue weighted by Gasteiger charge is -2.05. The molecule has 0 fully saturated rings. The van der Waals surface area contributed by atoms with Crippen molar-refractivity contribution in [2.24, 2.45) is 0 Å². The van der Waals surface area contributed by atoms with Gasteiger partial charge in [-0.3, -0.25) is 0 Å². The molecule has 0 radical (unpaired) electrons. The first-order valence-corrected chi connectivity index (χ1v) is 10.1. The summed E-state index contributed by atoms with van der Waals surface area (Å²) in [4.78, 5) is 0. The number of unbranched alkanes of at least 4 members (excludes halogenated alkanes) is 14. The molecule has 0 aromatic carbocycles. The molecular formula is C20H45NO. The van der Waals surface area contributed by atoms with Gasteiger partial charge in [-0.05, 0) is 25.9 Å². The molecule has 2 heteroatoms. The second kappa shape index (κ2) is 23.2. The van der Waals surface area contributed by atoms with Crippen molar-refractivity contribution in [3.8, 4) is 0 Å². The van der Waals surface area contributed by atoms with Crippen molar-refractivity contribution in [1.29, 1.82) is 0 Å². The van der Waals surface area contributed by atoms with Crippen LogP contribution in [0.25, 0.3) is 0 Å². The fourth-order valence-electron chi connectivity index (χ4n) is 2.89. The number of hydrogen-bond acceptors (Lipinski definition) is 1. The summed E-state index contributed by atoms with van der Waals surface area (Å²) in [5, 5.41) is 3.61. The predicted molar refractivity (Wildman–Crippen MR) is 102 cm³/mol. The Hall–Kier alpha value is -0.0800. The van der Waals surface area contributed by atoms with E-state index >= 15 is 0 Å². The van der Waals surface area contributed by atoms with Gasteiger partial charge in [-0.2, -0.15) is 0 Å². The third kappa shape index (κ3) is 22.2. The quantitative estimate of drug-likeness (QED) is 0.308. The molecule has 0 rings (SSSR count). The van der Waals surface area contributed by atoms with E-state index in [-0.39, 0.29) is 5.48 Å². The summed E-state index contributed by atoms with van der Waals surface area (Å²) < 4.78 is 0. The maximum absolute atomic E-state index is 3.61. The summed E-state index contributed by atoms with van der Waals surface area (Å²) >= 11 is 0. The van der Waals surface area contributed by atoms with Crippen LogP contribution in [-0.4, -0.2) is 18.6 Å². The molecule has 0 heterocycles. The molecule has 0 aliphatic carbocycles. The van der Waals surface area contributed by atoms with Crippen LogP contribution in [0.1, 0.15) is 117 Å². The second-order valence-corrected chi connectivity index (χ2v) is 6.70. The minimum absolute atomic E-state index is 0. The normalized spacial score (nSPS) is 10.6. The van der Waals surface area contributed by atoms with Gasteiger partial charge in [0.25, 0.3) is 0 Å². The molecule has 3 N–H and O–H groups in total. The van der Waals surface area contributed by atoms with Gasteiger partial charge in [0.05, 0.1) is 0 Å². The molecule has 0 unspecified atom stereocenters. The average Bonchev–Trinajstić information content (AvgIpc) is 2.50. The zero-order valence-electron chi connectivity index (χ0n) is 15.7. The molecule has 0 aromatic rings. The Labute approximate surface area is 141 Å². The molecule has 136 valence electrons. The minimum Gasteiger partial charge on any atom is -0.412 e. The van der Waals surface area contributed by atoms with Crippen molar-refractivity contribution in [3.63, 3.8) is 0 Å². The first-order chi connectivity index (χ1) is 10.4. The van der Waals surface area contributed by atoms with Crippen molar-refractivity contribution >= 4 is 0 Å². The first-order valence-electron chi connectivity index (χ1n) is 10.1. The van der Waals surface area contributed by atoms with Crippen LogP contribution in [0.3, 0.4) is 0 Å². The Bertz CT molecular complexity index is 155. The van der Waals surface area contributed by atoms with E-state index in [4.69, 9.17) is 0 Å². The fraction of sp³-hybridized carbons (Fsp3) is 1.00. The monoisotopic (exact) mass is 315 g/mol. The van der Waals surface area contributed by atoms with Crippen LogP contribution in [0.2, 0.25) is 0 Å². The van der Waals surface area contributed by atoms with Crippen LogP contribution < -0.4 is 5.32 Å². The lowest BCUT2D eigenvalue weighted by atomic mass is 10.1. The molecule has 0 bridgehead atoms. The molecule has 0 aromatic heterocycles. The summed E-state index contributed by atoms with van der Waals surface area (Å²) in [6.45, 7) is 7.06. The average molecular weight is 316 g/mol. The Kier molecular flexibility index (Phi) is 25.5. The molecule has 2 nitrogen and oxygen atoms in total. The Morgan fingerprint density at radius 1 is 0.409 bits per heavy atom. The number of rotatable bonds is 18. The second-order valence-electron chi connectivity index (χ2n) is 6.70. The third-order valence-corrected chi connectivity index (χ3v) is 4.41. The molecule has 0 saturated heterocycles. The topological polar surface area (TPSA) is 43.5 Å². The van der Waals surface area contributed by atoms with E-state index in [0.717, 1.165) is 0 Å². The summed E-state index contributed by atoms with van der Waals surface area (Å²) in [5.74, 6) is 0. The maximum atomic E-state index is 3.61. The molecule has 0 amide bonds. The van der Waals surface area contributed by atoms with Gasteiger partial charge >= 0.3 is 0 Å². The van der Waals surface area contributed by atoms with E-state index in [9.17, 15) is 0 Å². The molecule has 0 atom stereocenters. The zero-order chi connectivity index (χ0) is 15.4. The van der Waals surface area contributed by atoms with Gasteiger partial charge in [-0.25, -0.2) is 0 Å². The molecule has 0 aliphatic rings. The Morgan fingerprint density at radius 3 is 1.00 bits per heavy atom. The van der Waals surface area contributed by atoms with Gasteiger partial charge in [0.1, 0.15) is 0 Å².